The van der Waals surface area contributed by atoms with Gasteiger partial charge in [0.05, 0.1) is 11.5 Å². The molecule has 70 valence electrons. The van der Waals surface area contributed by atoms with Crippen molar-refractivity contribution in [3.05, 3.63) is 0 Å². The topological polar surface area (TPSA) is 34.1 Å². The second kappa shape index (κ2) is 3.02. The van der Waals surface area contributed by atoms with Crippen LogP contribution in [-0.2, 0) is 9.84 Å². The fourth-order valence-electron chi connectivity index (χ4n) is 2.62. The Labute approximate surface area is 74.3 Å². The summed E-state index contributed by atoms with van der Waals surface area (Å²) < 4.78 is 22.6. The van der Waals surface area contributed by atoms with Gasteiger partial charge in [-0.1, -0.05) is 19.3 Å². The summed E-state index contributed by atoms with van der Waals surface area (Å²) in [5, 5.41) is 0. The molecule has 1 heterocycles. The largest absolute Gasteiger partial charge is 0.229 e. The normalized spacial score (nSPS) is 40.3. The van der Waals surface area contributed by atoms with Crippen LogP contribution in [-0.4, -0.2) is 19.9 Å². The van der Waals surface area contributed by atoms with E-state index in [0.717, 1.165) is 18.8 Å². The molecule has 2 aliphatic rings. The highest BCUT2D eigenvalue weighted by atomic mass is 32.2. The first-order valence-electron chi connectivity index (χ1n) is 4.88. The summed E-state index contributed by atoms with van der Waals surface area (Å²) in [7, 11) is -2.65. The molecule has 3 heteroatoms. The van der Waals surface area contributed by atoms with Gasteiger partial charge in [0.1, 0.15) is 0 Å². The molecule has 0 radical (unpaired) electrons. The average molecular weight is 188 g/mol. The van der Waals surface area contributed by atoms with E-state index in [4.69, 9.17) is 0 Å². The van der Waals surface area contributed by atoms with Crippen LogP contribution in [0.25, 0.3) is 0 Å². The summed E-state index contributed by atoms with van der Waals surface area (Å²) in [6.07, 6.45) is 5.94. The molecule has 0 spiro atoms. The molecule has 1 aliphatic carbocycles. The SMILES string of the molecule is O=S1(=O)CC[C@@H]2CCCC[C@H]2C1. The Balaban J connectivity index is 2.08. The van der Waals surface area contributed by atoms with Gasteiger partial charge in [-0.25, -0.2) is 8.42 Å². The van der Waals surface area contributed by atoms with Gasteiger partial charge in [0.2, 0.25) is 0 Å². The van der Waals surface area contributed by atoms with E-state index in [9.17, 15) is 8.42 Å². The lowest BCUT2D eigenvalue weighted by Crippen LogP contribution is -2.34. The van der Waals surface area contributed by atoms with Crippen LogP contribution in [0.4, 0.5) is 0 Å². The minimum Gasteiger partial charge on any atom is -0.229 e. The summed E-state index contributed by atoms with van der Waals surface area (Å²) >= 11 is 0. The van der Waals surface area contributed by atoms with Crippen LogP contribution in [0.15, 0.2) is 0 Å². The van der Waals surface area contributed by atoms with Crippen molar-refractivity contribution < 1.29 is 8.42 Å². The molecule has 0 aromatic rings. The van der Waals surface area contributed by atoms with E-state index in [-0.39, 0.29) is 0 Å². The molecule has 2 fully saturated rings. The molecule has 0 aromatic carbocycles. The molecule has 0 N–H and O–H groups in total. The molecular weight excluding hydrogens is 172 g/mol. The lowest BCUT2D eigenvalue weighted by molar-refractivity contribution is 0.242. The first-order chi connectivity index (χ1) is 5.67. The van der Waals surface area contributed by atoms with Crippen molar-refractivity contribution in [1.82, 2.24) is 0 Å². The van der Waals surface area contributed by atoms with Crippen molar-refractivity contribution in [1.29, 1.82) is 0 Å². The molecule has 1 saturated heterocycles. The number of fused-ring (bicyclic) bond motifs is 1. The van der Waals surface area contributed by atoms with Crippen LogP contribution in [0.2, 0.25) is 0 Å². The maximum Gasteiger partial charge on any atom is 0.150 e. The first kappa shape index (κ1) is 8.54. The lowest BCUT2D eigenvalue weighted by atomic mass is 9.79. The Hall–Kier alpha value is -0.0500. The fourth-order valence-corrected chi connectivity index (χ4v) is 4.54. The predicted molar refractivity (Wildman–Crippen MR) is 48.7 cm³/mol. The van der Waals surface area contributed by atoms with Crippen LogP contribution in [0.1, 0.15) is 32.1 Å². The predicted octanol–water partition coefficient (Wildman–Crippen LogP) is 1.61. The molecule has 0 unspecified atom stereocenters. The van der Waals surface area contributed by atoms with Gasteiger partial charge in [0, 0.05) is 0 Å². The molecule has 0 bridgehead atoms. The number of hydrogen-bond acceptors (Lipinski definition) is 2. The van der Waals surface area contributed by atoms with Gasteiger partial charge in [0.25, 0.3) is 0 Å². The highest BCUT2D eigenvalue weighted by Gasteiger charge is 2.34. The standard InChI is InChI=1S/C9H16O2S/c10-12(11)6-5-8-3-1-2-4-9(8)7-12/h8-9H,1-7H2/t8-,9-/m0/s1. The van der Waals surface area contributed by atoms with Crippen molar-refractivity contribution >= 4 is 9.84 Å². The van der Waals surface area contributed by atoms with Gasteiger partial charge >= 0.3 is 0 Å². The summed E-state index contributed by atoms with van der Waals surface area (Å²) in [6.45, 7) is 0. The van der Waals surface area contributed by atoms with E-state index < -0.39 is 9.84 Å². The molecule has 1 aliphatic heterocycles. The van der Waals surface area contributed by atoms with E-state index in [1.807, 2.05) is 0 Å². The molecule has 1 saturated carbocycles. The highest BCUT2D eigenvalue weighted by Crippen LogP contribution is 2.36. The molecule has 2 rings (SSSR count). The quantitative estimate of drug-likeness (QED) is 0.579. The van der Waals surface area contributed by atoms with Crippen LogP contribution >= 0.6 is 0 Å². The molecule has 0 amide bonds. The zero-order chi connectivity index (χ0) is 8.60. The van der Waals surface area contributed by atoms with Gasteiger partial charge in [-0.2, -0.15) is 0 Å². The van der Waals surface area contributed by atoms with Crippen LogP contribution in [0.5, 0.6) is 0 Å². The van der Waals surface area contributed by atoms with Crippen LogP contribution < -0.4 is 0 Å². The van der Waals surface area contributed by atoms with E-state index in [0.29, 0.717) is 17.4 Å². The van der Waals surface area contributed by atoms with E-state index in [1.165, 1.54) is 19.3 Å². The molecule has 2 atom stereocenters. The Morgan fingerprint density at radius 1 is 0.917 bits per heavy atom. The summed E-state index contributed by atoms with van der Waals surface area (Å²) in [5.41, 5.74) is 0. The Bertz CT molecular complexity index is 256. The third-order valence-electron chi connectivity index (χ3n) is 3.33. The maximum absolute atomic E-state index is 11.3. The average Bonchev–Trinajstić information content (AvgIpc) is 2.02. The Morgan fingerprint density at radius 3 is 2.33 bits per heavy atom. The van der Waals surface area contributed by atoms with Crippen molar-refractivity contribution in [2.24, 2.45) is 11.8 Å². The summed E-state index contributed by atoms with van der Waals surface area (Å²) in [4.78, 5) is 0. The highest BCUT2D eigenvalue weighted by molar-refractivity contribution is 7.91. The first-order valence-corrected chi connectivity index (χ1v) is 6.70. The Morgan fingerprint density at radius 2 is 1.58 bits per heavy atom. The van der Waals surface area contributed by atoms with Gasteiger partial charge < -0.3 is 0 Å². The molecule has 0 aromatic heterocycles. The molecule has 12 heavy (non-hydrogen) atoms. The minimum atomic E-state index is -2.65. The zero-order valence-electron chi connectivity index (χ0n) is 7.33. The summed E-state index contributed by atoms with van der Waals surface area (Å²) in [6, 6.07) is 0. The van der Waals surface area contributed by atoms with E-state index in [2.05, 4.69) is 0 Å². The molecular formula is C9H16O2S. The van der Waals surface area contributed by atoms with Crippen molar-refractivity contribution in [3.8, 4) is 0 Å². The second-order valence-electron chi connectivity index (χ2n) is 4.21. The monoisotopic (exact) mass is 188 g/mol. The van der Waals surface area contributed by atoms with Crippen molar-refractivity contribution in [2.45, 2.75) is 32.1 Å². The third-order valence-corrected chi connectivity index (χ3v) is 5.13. The van der Waals surface area contributed by atoms with Crippen LogP contribution in [0.3, 0.4) is 0 Å². The lowest BCUT2D eigenvalue weighted by Gasteiger charge is -2.34. The van der Waals surface area contributed by atoms with E-state index in [1.54, 1.807) is 0 Å². The second-order valence-corrected chi connectivity index (χ2v) is 6.44. The number of rotatable bonds is 0. The molecule has 2 nitrogen and oxygen atoms in total. The van der Waals surface area contributed by atoms with E-state index >= 15 is 0 Å². The van der Waals surface area contributed by atoms with Gasteiger partial charge in [-0.05, 0) is 24.7 Å². The number of hydrogen-bond donors (Lipinski definition) is 0. The van der Waals surface area contributed by atoms with Crippen molar-refractivity contribution in [3.63, 3.8) is 0 Å². The van der Waals surface area contributed by atoms with Gasteiger partial charge in [0.15, 0.2) is 9.84 Å². The van der Waals surface area contributed by atoms with Gasteiger partial charge in [-0.3, -0.25) is 0 Å². The smallest absolute Gasteiger partial charge is 0.150 e. The fraction of sp³-hybridized carbons (Fsp3) is 1.00. The van der Waals surface area contributed by atoms with Crippen molar-refractivity contribution in [2.75, 3.05) is 11.5 Å². The Kier molecular flexibility index (Phi) is 2.15. The van der Waals surface area contributed by atoms with Crippen LogP contribution in [0, 0.1) is 11.8 Å². The maximum atomic E-state index is 11.3. The minimum absolute atomic E-state index is 0.453. The number of sulfone groups is 1. The zero-order valence-corrected chi connectivity index (χ0v) is 8.15. The van der Waals surface area contributed by atoms with Gasteiger partial charge in [-0.15, -0.1) is 0 Å². The third kappa shape index (κ3) is 1.65. The summed E-state index contributed by atoms with van der Waals surface area (Å²) in [5.74, 6) is 2.19.